The topological polar surface area (TPSA) is 41.8 Å². The van der Waals surface area contributed by atoms with Gasteiger partial charge in [0.05, 0.1) is 0 Å². The number of hydrogen-bond donors (Lipinski definition) is 2. The number of rotatable bonds is 2. The quantitative estimate of drug-likeness (QED) is 0.792. The van der Waals surface area contributed by atoms with Gasteiger partial charge < -0.3 is 10.7 Å². The van der Waals surface area contributed by atoms with Crippen molar-refractivity contribution in [3.63, 3.8) is 0 Å². The second-order valence-electron chi connectivity index (χ2n) is 5.02. The molecule has 1 aliphatic rings. The second kappa shape index (κ2) is 3.36. The summed E-state index contributed by atoms with van der Waals surface area (Å²) in [6.45, 7) is 4.28. The maximum Gasteiger partial charge on any atom is 0.0489 e. The summed E-state index contributed by atoms with van der Waals surface area (Å²) in [6.07, 6.45) is 2.58. The number of benzene rings is 1. The SMILES string of the molecule is Cc1[nH]c2c(C)cccc2c1C(N)C1CC1. The smallest absolute Gasteiger partial charge is 0.0489 e. The third-order valence-electron chi connectivity index (χ3n) is 3.74. The molecule has 3 rings (SSSR count). The monoisotopic (exact) mass is 214 g/mol. The van der Waals surface area contributed by atoms with Crippen molar-refractivity contribution in [3.05, 3.63) is 35.0 Å². The Labute approximate surface area is 95.8 Å². The molecule has 3 N–H and O–H groups in total. The normalized spacial score (nSPS) is 17.9. The minimum Gasteiger partial charge on any atom is -0.358 e. The number of H-pyrrole nitrogens is 1. The van der Waals surface area contributed by atoms with Gasteiger partial charge in [-0.05, 0) is 43.7 Å². The van der Waals surface area contributed by atoms with E-state index >= 15 is 0 Å². The molecular weight excluding hydrogens is 196 g/mol. The van der Waals surface area contributed by atoms with E-state index in [1.807, 2.05) is 0 Å². The number of hydrogen-bond acceptors (Lipinski definition) is 1. The molecule has 1 saturated carbocycles. The maximum absolute atomic E-state index is 6.34. The second-order valence-corrected chi connectivity index (χ2v) is 5.02. The van der Waals surface area contributed by atoms with Crippen LogP contribution in [0.5, 0.6) is 0 Å². The fourth-order valence-electron chi connectivity index (χ4n) is 2.64. The van der Waals surface area contributed by atoms with E-state index in [-0.39, 0.29) is 6.04 Å². The van der Waals surface area contributed by atoms with Crippen molar-refractivity contribution in [2.75, 3.05) is 0 Å². The van der Waals surface area contributed by atoms with Gasteiger partial charge >= 0.3 is 0 Å². The Bertz CT molecular complexity index is 535. The minimum absolute atomic E-state index is 0.218. The van der Waals surface area contributed by atoms with Crippen molar-refractivity contribution < 1.29 is 0 Å². The predicted octanol–water partition coefficient (Wildman–Crippen LogP) is 3.19. The zero-order valence-electron chi connectivity index (χ0n) is 9.88. The summed E-state index contributed by atoms with van der Waals surface area (Å²) in [5.74, 6) is 0.707. The average Bonchev–Trinajstić information content (AvgIpc) is 3.02. The van der Waals surface area contributed by atoms with Crippen LogP contribution in [0.2, 0.25) is 0 Å². The molecular formula is C14H18N2. The number of nitrogens with one attached hydrogen (secondary N) is 1. The number of aryl methyl sites for hydroxylation is 2. The first kappa shape index (κ1) is 9.91. The van der Waals surface area contributed by atoms with E-state index in [0.29, 0.717) is 5.92 Å². The largest absolute Gasteiger partial charge is 0.358 e. The van der Waals surface area contributed by atoms with Gasteiger partial charge in [0.25, 0.3) is 0 Å². The number of fused-ring (bicyclic) bond motifs is 1. The fraction of sp³-hybridized carbons (Fsp3) is 0.429. The van der Waals surface area contributed by atoms with E-state index in [9.17, 15) is 0 Å². The molecule has 1 unspecified atom stereocenters. The van der Waals surface area contributed by atoms with Gasteiger partial charge in [0.15, 0.2) is 0 Å². The van der Waals surface area contributed by atoms with Crippen molar-refractivity contribution in [2.24, 2.45) is 11.7 Å². The van der Waals surface area contributed by atoms with Crippen LogP contribution >= 0.6 is 0 Å². The van der Waals surface area contributed by atoms with E-state index in [2.05, 4.69) is 37.0 Å². The summed E-state index contributed by atoms with van der Waals surface area (Å²) in [5, 5.41) is 1.32. The molecule has 0 aliphatic heterocycles. The molecule has 16 heavy (non-hydrogen) atoms. The van der Waals surface area contributed by atoms with Crippen LogP contribution in [0.4, 0.5) is 0 Å². The van der Waals surface area contributed by atoms with Crippen LogP contribution in [-0.4, -0.2) is 4.98 Å². The van der Waals surface area contributed by atoms with Gasteiger partial charge in [0.2, 0.25) is 0 Å². The average molecular weight is 214 g/mol. The molecule has 1 aliphatic carbocycles. The molecule has 0 amide bonds. The number of aromatic amines is 1. The summed E-state index contributed by atoms with van der Waals surface area (Å²) in [7, 11) is 0. The van der Waals surface area contributed by atoms with E-state index in [0.717, 1.165) is 0 Å². The zero-order valence-corrected chi connectivity index (χ0v) is 9.88. The Morgan fingerprint density at radius 3 is 2.75 bits per heavy atom. The Hall–Kier alpha value is -1.28. The van der Waals surface area contributed by atoms with Gasteiger partial charge in [-0.3, -0.25) is 0 Å². The molecule has 1 heterocycles. The first-order valence-corrected chi connectivity index (χ1v) is 6.02. The van der Waals surface area contributed by atoms with Crippen LogP contribution in [0.25, 0.3) is 10.9 Å². The molecule has 0 radical (unpaired) electrons. The van der Waals surface area contributed by atoms with Gasteiger partial charge in [-0.15, -0.1) is 0 Å². The van der Waals surface area contributed by atoms with Crippen molar-refractivity contribution in [2.45, 2.75) is 32.7 Å². The van der Waals surface area contributed by atoms with Gasteiger partial charge in [-0.2, -0.15) is 0 Å². The van der Waals surface area contributed by atoms with E-state index in [4.69, 9.17) is 5.73 Å². The molecule has 2 aromatic rings. The standard InChI is InChI=1S/C14H18N2/c1-8-4-3-5-11-12(9(2)16-14(8)11)13(15)10-6-7-10/h3-5,10,13,16H,6-7,15H2,1-2H3. The molecule has 1 aromatic carbocycles. The lowest BCUT2D eigenvalue weighted by Crippen LogP contribution is -2.13. The Balaban J connectivity index is 2.22. The van der Waals surface area contributed by atoms with Crippen molar-refractivity contribution in [3.8, 4) is 0 Å². The Morgan fingerprint density at radius 2 is 2.06 bits per heavy atom. The molecule has 2 nitrogen and oxygen atoms in total. The van der Waals surface area contributed by atoms with Crippen molar-refractivity contribution in [1.82, 2.24) is 4.98 Å². The fourth-order valence-corrected chi connectivity index (χ4v) is 2.64. The summed E-state index contributed by atoms with van der Waals surface area (Å²) in [4.78, 5) is 3.48. The van der Waals surface area contributed by atoms with Crippen LogP contribution in [0.15, 0.2) is 18.2 Å². The number of aromatic nitrogens is 1. The number of nitrogens with two attached hydrogens (primary N) is 1. The summed E-state index contributed by atoms with van der Waals surface area (Å²) in [6, 6.07) is 6.66. The van der Waals surface area contributed by atoms with Crippen molar-refractivity contribution in [1.29, 1.82) is 0 Å². The molecule has 2 heteroatoms. The molecule has 1 fully saturated rings. The van der Waals surface area contributed by atoms with Gasteiger partial charge in [0.1, 0.15) is 0 Å². The third-order valence-corrected chi connectivity index (χ3v) is 3.74. The summed E-state index contributed by atoms with van der Waals surface area (Å²) < 4.78 is 0. The van der Waals surface area contributed by atoms with E-state index < -0.39 is 0 Å². The highest BCUT2D eigenvalue weighted by Crippen LogP contribution is 2.42. The molecule has 0 saturated heterocycles. The molecule has 1 aromatic heterocycles. The first-order valence-electron chi connectivity index (χ1n) is 6.02. The van der Waals surface area contributed by atoms with E-state index in [1.165, 1.54) is 40.6 Å². The number of para-hydroxylation sites is 1. The molecule has 1 atom stereocenters. The van der Waals surface area contributed by atoms with Gasteiger partial charge in [-0.25, -0.2) is 0 Å². The lowest BCUT2D eigenvalue weighted by atomic mass is 9.99. The van der Waals surface area contributed by atoms with Gasteiger partial charge in [0, 0.05) is 22.6 Å². The summed E-state index contributed by atoms with van der Waals surface area (Å²) >= 11 is 0. The van der Waals surface area contributed by atoms with Crippen LogP contribution in [-0.2, 0) is 0 Å². The first-order chi connectivity index (χ1) is 7.68. The van der Waals surface area contributed by atoms with Gasteiger partial charge in [-0.1, -0.05) is 18.2 Å². The van der Waals surface area contributed by atoms with Crippen molar-refractivity contribution >= 4 is 10.9 Å². The Morgan fingerprint density at radius 1 is 1.31 bits per heavy atom. The minimum atomic E-state index is 0.218. The Kier molecular flexibility index (Phi) is 2.08. The van der Waals surface area contributed by atoms with Crippen LogP contribution in [0.3, 0.4) is 0 Å². The van der Waals surface area contributed by atoms with Crippen LogP contribution in [0, 0.1) is 19.8 Å². The van der Waals surface area contributed by atoms with Crippen LogP contribution < -0.4 is 5.73 Å². The predicted molar refractivity (Wildman–Crippen MR) is 67.4 cm³/mol. The van der Waals surface area contributed by atoms with Crippen LogP contribution in [0.1, 0.15) is 35.7 Å². The molecule has 84 valence electrons. The molecule has 0 bridgehead atoms. The lowest BCUT2D eigenvalue weighted by Gasteiger charge is -2.10. The van der Waals surface area contributed by atoms with E-state index in [1.54, 1.807) is 0 Å². The highest BCUT2D eigenvalue weighted by atomic mass is 14.8. The zero-order chi connectivity index (χ0) is 11.3. The summed E-state index contributed by atoms with van der Waals surface area (Å²) in [5.41, 5.74) is 11.5. The highest BCUT2D eigenvalue weighted by molar-refractivity contribution is 5.87. The molecule has 0 spiro atoms. The highest BCUT2D eigenvalue weighted by Gasteiger charge is 2.32. The lowest BCUT2D eigenvalue weighted by molar-refractivity contribution is 0.634. The maximum atomic E-state index is 6.34. The third kappa shape index (κ3) is 1.37.